The van der Waals surface area contributed by atoms with Crippen LogP contribution in [-0.4, -0.2) is 44.1 Å². The third kappa shape index (κ3) is 4.00. The zero-order valence-electron chi connectivity index (χ0n) is 10.5. The molecule has 0 spiro atoms. The normalized spacial score (nSPS) is 10.8. The molecule has 98 valence electrons. The summed E-state index contributed by atoms with van der Waals surface area (Å²) in [7, 11) is 0. The van der Waals surface area contributed by atoms with Gasteiger partial charge in [-0.25, -0.2) is 14.8 Å². The summed E-state index contributed by atoms with van der Waals surface area (Å²) in [6, 6.07) is 1.07. The van der Waals surface area contributed by atoms with E-state index in [9.17, 15) is 9.59 Å². The molecule has 0 saturated carbocycles. The van der Waals surface area contributed by atoms with Gasteiger partial charge in [-0.2, -0.15) is 0 Å². The van der Waals surface area contributed by atoms with E-state index in [2.05, 4.69) is 15.3 Å². The molecule has 0 radical (unpaired) electrons. The molecule has 0 saturated heterocycles. The summed E-state index contributed by atoms with van der Waals surface area (Å²) >= 11 is 0. The molecule has 0 aromatic carbocycles. The number of aliphatic carboxylic acids is 1. The average Bonchev–Trinajstić information content (AvgIpc) is 2.25. The number of rotatable bonds is 3. The van der Waals surface area contributed by atoms with Crippen LogP contribution in [0.3, 0.4) is 0 Å². The van der Waals surface area contributed by atoms with E-state index in [-0.39, 0.29) is 12.5 Å². The van der Waals surface area contributed by atoms with E-state index in [0.717, 1.165) is 0 Å². The van der Waals surface area contributed by atoms with Crippen molar-refractivity contribution < 1.29 is 14.7 Å². The van der Waals surface area contributed by atoms with Crippen molar-refractivity contribution in [1.29, 1.82) is 0 Å². The molecule has 1 rings (SSSR count). The number of carbonyl (C=O) groups excluding carboxylic acids is 1. The highest BCUT2D eigenvalue weighted by molar-refractivity contribution is 5.90. The number of nitrogens with one attached hydrogen (secondary N) is 1. The van der Waals surface area contributed by atoms with Crippen molar-refractivity contribution in [3.8, 4) is 0 Å². The average molecular weight is 252 g/mol. The third-order valence-electron chi connectivity index (χ3n) is 2.13. The first-order valence-electron chi connectivity index (χ1n) is 5.38. The van der Waals surface area contributed by atoms with E-state index in [1.807, 2.05) is 0 Å². The Morgan fingerprint density at radius 2 is 1.89 bits per heavy atom. The third-order valence-corrected chi connectivity index (χ3v) is 2.13. The van der Waals surface area contributed by atoms with E-state index >= 15 is 0 Å². The lowest BCUT2D eigenvalue weighted by Gasteiger charge is -2.33. The van der Waals surface area contributed by atoms with Gasteiger partial charge in [0.2, 0.25) is 5.95 Å². The minimum Gasteiger partial charge on any atom is -0.480 e. The fourth-order valence-corrected chi connectivity index (χ4v) is 1.28. The molecule has 0 fully saturated rings. The Morgan fingerprint density at radius 1 is 1.33 bits per heavy atom. The van der Waals surface area contributed by atoms with Crippen LogP contribution < -0.4 is 5.32 Å². The Hall–Kier alpha value is -2.18. The molecule has 1 aromatic rings. The predicted molar refractivity (Wildman–Crippen MR) is 65.1 cm³/mol. The number of nitrogens with zero attached hydrogens (tertiary/aromatic N) is 3. The first kappa shape index (κ1) is 13.9. The largest absolute Gasteiger partial charge is 0.480 e. The Labute approximate surface area is 105 Å². The van der Waals surface area contributed by atoms with Gasteiger partial charge in [0, 0.05) is 17.9 Å². The molecule has 0 bridgehead atoms. The summed E-state index contributed by atoms with van der Waals surface area (Å²) in [5.74, 6) is -0.934. The zero-order chi connectivity index (χ0) is 13.8. The Bertz CT molecular complexity index is 428. The lowest BCUT2D eigenvalue weighted by molar-refractivity contribution is -0.138. The van der Waals surface area contributed by atoms with Gasteiger partial charge in [-0.3, -0.25) is 10.1 Å². The molecular weight excluding hydrogens is 236 g/mol. The molecule has 1 aromatic heterocycles. The van der Waals surface area contributed by atoms with Crippen LogP contribution in [-0.2, 0) is 4.79 Å². The summed E-state index contributed by atoms with van der Waals surface area (Å²) < 4.78 is 0. The minimum absolute atomic E-state index is 0.141. The van der Waals surface area contributed by atoms with Gasteiger partial charge in [0.15, 0.2) is 0 Å². The lowest BCUT2D eigenvalue weighted by Crippen LogP contribution is -2.50. The number of hydrogen-bond donors (Lipinski definition) is 2. The Morgan fingerprint density at radius 3 is 2.33 bits per heavy atom. The van der Waals surface area contributed by atoms with E-state index in [1.165, 1.54) is 17.3 Å². The second-order valence-corrected chi connectivity index (χ2v) is 4.65. The predicted octanol–water partition coefficient (Wildman–Crippen LogP) is 1.19. The molecule has 0 unspecified atom stereocenters. The van der Waals surface area contributed by atoms with Gasteiger partial charge in [0.1, 0.15) is 6.54 Å². The first-order valence-corrected chi connectivity index (χ1v) is 5.38. The SMILES string of the molecule is CC(C)(C)N(CC(=O)O)C(=O)Nc1ncccn1. The summed E-state index contributed by atoms with van der Waals surface area (Å²) in [5.41, 5.74) is -0.614. The van der Waals surface area contributed by atoms with Crippen molar-refractivity contribution in [2.75, 3.05) is 11.9 Å². The highest BCUT2D eigenvalue weighted by atomic mass is 16.4. The van der Waals surface area contributed by atoms with Crippen LogP contribution in [0.5, 0.6) is 0 Å². The lowest BCUT2D eigenvalue weighted by atomic mass is 10.1. The van der Waals surface area contributed by atoms with Crippen molar-refractivity contribution in [3.05, 3.63) is 18.5 Å². The maximum atomic E-state index is 12.0. The number of anilines is 1. The monoisotopic (exact) mass is 252 g/mol. The summed E-state index contributed by atoms with van der Waals surface area (Å²) in [6.07, 6.45) is 2.97. The van der Waals surface area contributed by atoms with Gasteiger partial charge in [0.05, 0.1) is 0 Å². The van der Waals surface area contributed by atoms with Gasteiger partial charge in [-0.1, -0.05) is 0 Å². The Balaban J connectivity index is 2.80. The van der Waals surface area contributed by atoms with Crippen molar-refractivity contribution in [1.82, 2.24) is 14.9 Å². The fraction of sp³-hybridized carbons (Fsp3) is 0.455. The van der Waals surface area contributed by atoms with Crippen LogP contribution >= 0.6 is 0 Å². The van der Waals surface area contributed by atoms with E-state index in [0.29, 0.717) is 0 Å². The molecule has 1 heterocycles. The number of carboxylic acid groups (broad SMARTS) is 1. The summed E-state index contributed by atoms with van der Waals surface area (Å²) in [5, 5.41) is 11.3. The van der Waals surface area contributed by atoms with E-state index < -0.39 is 17.5 Å². The number of aromatic nitrogens is 2. The molecule has 0 atom stereocenters. The van der Waals surface area contributed by atoms with Crippen LogP contribution in [0, 0.1) is 0 Å². The maximum Gasteiger partial charge on any atom is 0.325 e. The quantitative estimate of drug-likeness (QED) is 0.842. The second-order valence-electron chi connectivity index (χ2n) is 4.65. The number of carboxylic acids is 1. The number of urea groups is 1. The molecular formula is C11H16N4O3. The van der Waals surface area contributed by atoms with Gasteiger partial charge in [-0.05, 0) is 26.8 Å². The fourth-order valence-electron chi connectivity index (χ4n) is 1.28. The van der Waals surface area contributed by atoms with Gasteiger partial charge in [0.25, 0.3) is 0 Å². The summed E-state index contributed by atoms with van der Waals surface area (Å²) in [6.45, 7) is 4.87. The van der Waals surface area contributed by atoms with Crippen LogP contribution in [0.25, 0.3) is 0 Å². The van der Waals surface area contributed by atoms with E-state index in [1.54, 1.807) is 26.8 Å². The van der Waals surface area contributed by atoms with Crippen molar-refractivity contribution in [3.63, 3.8) is 0 Å². The highest BCUT2D eigenvalue weighted by Gasteiger charge is 2.28. The van der Waals surface area contributed by atoms with Gasteiger partial charge in [-0.15, -0.1) is 0 Å². The molecule has 0 aliphatic rings. The Kier molecular flexibility index (Phi) is 4.19. The molecule has 0 aliphatic heterocycles. The number of amides is 2. The standard InChI is InChI=1S/C11H16N4O3/c1-11(2,3)15(7-8(16)17)10(18)14-9-12-5-4-6-13-9/h4-6H,7H2,1-3H3,(H,16,17)(H,12,13,14,18). The molecule has 7 heteroatoms. The van der Waals surface area contributed by atoms with Crippen LogP contribution in [0.4, 0.5) is 10.7 Å². The first-order chi connectivity index (χ1) is 8.30. The minimum atomic E-state index is -1.07. The number of carbonyl (C=O) groups is 2. The van der Waals surface area contributed by atoms with Crippen LogP contribution in [0.1, 0.15) is 20.8 Å². The maximum absolute atomic E-state index is 12.0. The van der Waals surface area contributed by atoms with Crippen molar-refractivity contribution in [2.45, 2.75) is 26.3 Å². The van der Waals surface area contributed by atoms with Gasteiger partial charge < -0.3 is 10.0 Å². The smallest absolute Gasteiger partial charge is 0.325 e. The molecule has 18 heavy (non-hydrogen) atoms. The zero-order valence-corrected chi connectivity index (χ0v) is 10.5. The highest BCUT2D eigenvalue weighted by Crippen LogP contribution is 2.14. The van der Waals surface area contributed by atoms with Crippen LogP contribution in [0.15, 0.2) is 18.5 Å². The second kappa shape index (κ2) is 5.44. The molecule has 2 N–H and O–H groups in total. The molecule has 7 nitrogen and oxygen atoms in total. The van der Waals surface area contributed by atoms with E-state index in [4.69, 9.17) is 5.11 Å². The number of hydrogen-bond acceptors (Lipinski definition) is 4. The summed E-state index contributed by atoms with van der Waals surface area (Å²) in [4.78, 5) is 31.6. The van der Waals surface area contributed by atoms with Crippen molar-refractivity contribution >= 4 is 17.9 Å². The van der Waals surface area contributed by atoms with Gasteiger partial charge >= 0.3 is 12.0 Å². The van der Waals surface area contributed by atoms with Crippen molar-refractivity contribution in [2.24, 2.45) is 0 Å². The topological polar surface area (TPSA) is 95.4 Å². The molecule has 0 aliphatic carbocycles. The van der Waals surface area contributed by atoms with Crippen LogP contribution in [0.2, 0.25) is 0 Å². The molecule has 2 amide bonds.